The van der Waals surface area contributed by atoms with Gasteiger partial charge in [-0.1, -0.05) is 6.92 Å². The Morgan fingerprint density at radius 3 is 2.79 bits per heavy atom. The fourth-order valence-electron chi connectivity index (χ4n) is 3.33. The molecular formula is C16H23N5O3. The first-order chi connectivity index (χ1) is 11.6. The largest absolute Gasteiger partial charge is 0.468 e. The van der Waals surface area contributed by atoms with Crippen molar-refractivity contribution in [1.82, 2.24) is 14.7 Å². The summed E-state index contributed by atoms with van der Waals surface area (Å²) < 4.78 is 7.15. The predicted octanol–water partition coefficient (Wildman–Crippen LogP) is 2.73. The Balaban J connectivity index is 1.82. The average Bonchev–Trinajstić information content (AvgIpc) is 3.29. The van der Waals surface area contributed by atoms with Crippen molar-refractivity contribution in [1.29, 1.82) is 0 Å². The second-order valence-electron chi connectivity index (χ2n) is 6.03. The van der Waals surface area contributed by atoms with Crippen molar-refractivity contribution in [3.63, 3.8) is 0 Å². The molecule has 24 heavy (non-hydrogen) atoms. The quantitative estimate of drug-likeness (QED) is 0.619. The lowest BCUT2D eigenvalue weighted by molar-refractivity contribution is -0.384. The van der Waals surface area contributed by atoms with Crippen molar-refractivity contribution >= 4 is 11.5 Å². The lowest BCUT2D eigenvalue weighted by atomic mass is 10.2. The number of aryl methyl sites for hydroxylation is 2. The van der Waals surface area contributed by atoms with Crippen LogP contribution in [0.3, 0.4) is 0 Å². The predicted molar refractivity (Wildman–Crippen MR) is 90.0 cm³/mol. The third-order valence-corrected chi connectivity index (χ3v) is 4.53. The summed E-state index contributed by atoms with van der Waals surface area (Å²) in [4.78, 5) is 13.4. The molecule has 3 heterocycles. The van der Waals surface area contributed by atoms with E-state index in [1.807, 2.05) is 19.1 Å². The van der Waals surface area contributed by atoms with E-state index in [1.54, 1.807) is 18.0 Å². The second kappa shape index (κ2) is 7.04. The zero-order valence-corrected chi connectivity index (χ0v) is 14.1. The van der Waals surface area contributed by atoms with E-state index in [9.17, 15) is 10.1 Å². The number of rotatable bonds is 7. The molecule has 1 unspecified atom stereocenters. The first-order valence-corrected chi connectivity index (χ1v) is 8.33. The molecule has 1 saturated heterocycles. The summed E-state index contributed by atoms with van der Waals surface area (Å²) in [5.41, 5.74) is 0.570. The molecule has 0 aromatic carbocycles. The van der Waals surface area contributed by atoms with Crippen LogP contribution < -0.4 is 5.32 Å². The molecule has 130 valence electrons. The summed E-state index contributed by atoms with van der Waals surface area (Å²) in [6.07, 6.45) is 4.53. The van der Waals surface area contributed by atoms with Crippen LogP contribution in [0.2, 0.25) is 0 Å². The highest BCUT2D eigenvalue weighted by Gasteiger charge is 2.29. The molecule has 0 amide bonds. The Bertz CT molecular complexity index is 689. The minimum Gasteiger partial charge on any atom is -0.468 e. The zero-order chi connectivity index (χ0) is 17.1. The number of furan rings is 1. The molecule has 1 N–H and O–H groups in total. The number of hydrogen-bond acceptors (Lipinski definition) is 6. The molecule has 2 aromatic rings. The van der Waals surface area contributed by atoms with Gasteiger partial charge in [0.1, 0.15) is 11.5 Å². The number of nitrogens with one attached hydrogen (secondary N) is 1. The van der Waals surface area contributed by atoms with E-state index in [0.29, 0.717) is 24.5 Å². The Hall–Kier alpha value is -2.35. The monoisotopic (exact) mass is 333 g/mol. The maximum Gasteiger partial charge on any atom is 0.333 e. The van der Waals surface area contributed by atoms with Gasteiger partial charge in [-0.25, -0.2) is 4.68 Å². The normalized spacial score (nSPS) is 16.4. The minimum absolute atomic E-state index is 0.0575. The lowest BCUT2D eigenvalue weighted by Crippen LogP contribution is -2.31. The maximum absolute atomic E-state index is 11.4. The van der Waals surface area contributed by atoms with Crippen molar-refractivity contribution in [2.75, 3.05) is 25.0 Å². The minimum atomic E-state index is -0.355. The molecular weight excluding hydrogens is 310 g/mol. The number of hydrogen-bond donors (Lipinski definition) is 1. The molecule has 8 heteroatoms. The fourth-order valence-corrected chi connectivity index (χ4v) is 3.33. The standard InChI is InChI=1S/C16H23N5O3/c1-3-12-15(21(22)23)16(19(2)18-12)17-11-13(14-7-6-10-24-14)20-8-4-5-9-20/h6-7,10,13,17H,3-5,8-9,11H2,1-2H3. The van der Waals surface area contributed by atoms with E-state index in [4.69, 9.17) is 4.42 Å². The fraction of sp³-hybridized carbons (Fsp3) is 0.562. The van der Waals surface area contributed by atoms with Crippen LogP contribution in [0.4, 0.5) is 11.5 Å². The first-order valence-electron chi connectivity index (χ1n) is 8.33. The van der Waals surface area contributed by atoms with Gasteiger partial charge < -0.3 is 9.73 Å². The Kier molecular flexibility index (Phi) is 4.84. The van der Waals surface area contributed by atoms with Crippen LogP contribution in [0.25, 0.3) is 0 Å². The second-order valence-corrected chi connectivity index (χ2v) is 6.03. The number of anilines is 1. The molecule has 0 bridgehead atoms. The zero-order valence-electron chi connectivity index (χ0n) is 14.1. The van der Waals surface area contributed by atoms with Crippen LogP contribution in [0.1, 0.15) is 37.3 Å². The van der Waals surface area contributed by atoms with Crippen LogP contribution in [0.15, 0.2) is 22.8 Å². The molecule has 8 nitrogen and oxygen atoms in total. The van der Waals surface area contributed by atoms with Gasteiger partial charge in [0.15, 0.2) is 0 Å². The van der Waals surface area contributed by atoms with Crippen LogP contribution in [0, 0.1) is 10.1 Å². The Labute approximate surface area is 140 Å². The smallest absolute Gasteiger partial charge is 0.333 e. The van der Waals surface area contributed by atoms with E-state index >= 15 is 0 Å². The van der Waals surface area contributed by atoms with Gasteiger partial charge in [0.2, 0.25) is 5.82 Å². The van der Waals surface area contributed by atoms with Crippen LogP contribution in [0.5, 0.6) is 0 Å². The number of nitrogens with zero attached hydrogens (tertiary/aromatic N) is 4. The average molecular weight is 333 g/mol. The van der Waals surface area contributed by atoms with Crippen LogP contribution in [-0.2, 0) is 13.5 Å². The third kappa shape index (κ3) is 3.14. The highest BCUT2D eigenvalue weighted by atomic mass is 16.6. The van der Waals surface area contributed by atoms with Gasteiger partial charge in [-0.2, -0.15) is 5.10 Å². The summed E-state index contributed by atoms with van der Waals surface area (Å²) in [6.45, 7) is 4.44. The SMILES string of the molecule is CCc1nn(C)c(NCC(c2ccco2)N2CCCC2)c1[N+](=O)[O-]. The van der Waals surface area contributed by atoms with Crippen molar-refractivity contribution < 1.29 is 9.34 Å². The van der Waals surface area contributed by atoms with E-state index in [2.05, 4.69) is 15.3 Å². The summed E-state index contributed by atoms with van der Waals surface area (Å²) >= 11 is 0. The molecule has 0 radical (unpaired) electrons. The van der Waals surface area contributed by atoms with Gasteiger partial charge in [-0.15, -0.1) is 0 Å². The van der Waals surface area contributed by atoms with Crippen molar-refractivity contribution in [3.05, 3.63) is 40.0 Å². The summed E-state index contributed by atoms with van der Waals surface area (Å²) in [7, 11) is 1.73. The molecule has 1 fully saturated rings. The van der Waals surface area contributed by atoms with Gasteiger partial charge in [0, 0.05) is 13.6 Å². The molecule has 1 aliphatic heterocycles. The number of likely N-dealkylation sites (tertiary alicyclic amines) is 1. The highest BCUT2D eigenvalue weighted by molar-refractivity contribution is 5.60. The number of nitro groups is 1. The van der Waals surface area contributed by atoms with Crippen LogP contribution >= 0.6 is 0 Å². The lowest BCUT2D eigenvalue weighted by Gasteiger charge is -2.26. The highest BCUT2D eigenvalue weighted by Crippen LogP contribution is 2.31. The number of aromatic nitrogens is 2. The third-order valence-electron chi connectivity index (χ3n) is 4.53. The maximum atomic E-state index is 11.4. The molecule has 0 aliphatic carbocycles. The summed E-state index contributed by atoms with van der Waals surface area (Å²) in [5.74, 6) is 1.33. The molecule has 2 aromatic heterocycles. The van der Waals surface area contributed by atoms with E-state index < -0.39 is 0 Å². The molecule has 0 saturated carbocycles. The van der Waals surface area contributed by atoms with E-state index in [1.165, 1.54) is 12.8 Å². The van der Waals surface area contributed by atoms with E-state index in [-0.39, 0.29) is 16.7 Å². The van der Waals surface area contributed by atoms with Gasteiger partial charge in [-0.05, 0) is 44.5 Å². The van der Waals surface area contributed by atoms with Gasteiger partial charge in [-0.3, -0.25) is 15.0 Å². The molecule has 1 atom stereocenters. The van der Waals surface area contributed by atoms with Crippen LogP contribution in [-0.4, -0.2) is 39.2 Å². The van der Waals surface area contributed by atoms with Gasteiger partial charge >= 0.3 is 5.69 Å². The van der Waals surface area contributed by atoms with Crippen molar-refractivity contribution in [3.8, 4) is 0 Å². The topological polar surface area (TPSA) is 89.4 Å². The van der Waals surface area contributed by atoms with Crippen molar-refractivity contribution in [2.24, 2.45) is 7.05 Å². The molecule has 3 rings (SSSR count). The Morgan fingerprint density at radius 2 is 2.21 bits per heavy atom. The van der Waals surface area contributed by atoms with Crippen molar-refractivity contribution in [2.45, 2.75) is 32.2 Å². The van der Waals surface area contributed by atoms with Gasteiger partial charge in [0.05, 0.1) is 17.2 Å². The van der Waals surface area contributed by atoms with Gasteiger partial charge in [0.25, 0.3) is 0 Å². The molecule has 1 aliphatic rings. The Morgan fingerprint density at radius 1 is 1.46 bits per heavy atom. The first kappa shape index (κ1) is 16.5. The molecule has 0 spiro atoms. The summed E-state index contributed by atoms with van der Waals surface area (Å²) in [5, 5.41) is 18.9. The van der Waals surface area contributed by atoms with E-state index in [0.717, 1.165) is 18.8 Å². The summed E-state index contributed by atoms with van der Waals surface area (Å²) in [6, 6.07) is 3.89.